The number of aromatic nitrogens is 2. The maximum Gasteiger partial charge on any atom is 0.341 e. The minimum absolute atomic E-state index is 0.188. The smallest absolute Gasteiger partial charge is 0.341 e. The molecule has 0 saturated heterocycles. The third-order valence-electron chi connectivity index (χ3n) is 3.70. The fraction of sp³-hybridized carbons (Fsp3) is 0.211. The van der Waals surface area contributed by atoms with Gasteiger partial charge >= 0.3 is 5.97 Å². The van der Waals surface area contributed by atoms with E-state index in [2.05, 4.69) is 15.3 Å². The number of aromatic amines is 1. The number of hydrogen-bond acceptors (Lipinski definition) is 6. The van der Waals surface area contributed by atoms with Gasteiger partial charge < -0.3 is 15.0 Å². The zero-order chi connectivity index (χ0) is 19.2. The Morgan fingerprint density at radius 3 is 2.74 bits per heavy atom. The van der Waals surface area contributed by atoms with Crippen LogP contribution in [-0.2, 0) is 9.53 Å². The van der Waals surface area contributed by atoms with Gasteiger partial charge in [0.2, 0.25) is 5.91 Å². The lowest BCUT2D eigenvalue weighted by Gasteiger charge is -2.09. The summed E-state index contributed by atoms with van der Waals surface area (Å²) in [5, 5.41) is 5.86. The monoisotopic (exact) mass is 401 g/mol. The number of H-pyrrole nitrogens is 1. The third-order valence-corrected chi connectivity index (χ3v) is 5.50. The molecule has 6 nitrogen and oxygen atoms in total. The molecule has 140 valence electrons. The van der Waals surface area contributed by atoms with E-state index in [1.807, 2.05) is 36.6 Å². The van der Waals surface area contributed by atoms with Crippen molar-refractivity contribution in [3.63, 3.8) is 0 Å². The Balaban J connectivity index is 1.82. The molecule has 0 spiro atoms. The van der Waals surface area contributed by atoms with Crippen molar-refractivity contribution in [3.8, 4) is 11.1 Å². The van der Waals surface area contributed by atoms with Crippen LogP contribution in [0.3, 0.4) is 0 Å². The highest BCUT2D eigenvalue weighted by Gasteiger charge is 2.22. The fourth-order valence-corrected chi connectivity index (χ4v) is 4.03. The Hall–Kier alpha value is -2.58. The van der Waals surface area contributed by atoms with Crippen molar-refractivity contribution >= 4 is 40.0 Å². The molecule has 0 atom stereocenters. The maximum absolute atomic E-state index is 12.5. The van der Waals surface area contributed by atoms with Crippen molar-refractivity contribution in [2.45, 2.75) is 19.0 Å². The summed E-state index contributed by atoms with van der Waals surface area (Å²) in [6, 6.07) is 7.89. The molecule has 0 bridgehead atoms. The zero-order valence-electron chi connectivity index (χ0n) is 14.9. The molecule has 0 aliphatic heterocycles. The molecule has 0 saturated carbocycles. The van der Waals surface area contributed by atoms with Gasteiger partial charge in [0.25, 0.3) is 0 Å². The minimum atomic E-state index is -0.441. The standard InChI is InChI=1S/C19H19N3O3S2/c1-3-25-18(24)16-14(13-6-4-12(2)5-7-13)10-26-17(16)22-15(23)11-27-19-20-8-9-21-19/h4-10H,3,11H2,1-2H3,(H,20,21)(H,22,23). The molecule has 1 amide bonds. The number of rotatable bonds is 7. The van der Waals surface area contributed by atoms with Crippen molar-refractivity contribution in [2.24, 2.45) is 0 Å². The molecular weight excluding hydrogens is 382 g/mol. The van der Waals surface area contributed by atoms with E-state index in [9.17, 15) is 9.59 Å². The lowest BCUT2D eigenvalue weighted by atomic mass is 10.0. The van der Waals surface area contributed by atoms with Crippen LogP contribution < -0.4 is 5.32 Å². The number of carbonyl (C=O) groups is 2. The Morgan fingerprint density at radius 2 is 2.07 bits per heavy atom. The first-order valence-corrected chi connectivity index (χ1v) is 10.2. The van der Waals surface area contributed by atoms with Gasteiger partial charge in [0.05, 0.1) is 12.4 Å². The number of hydrogen-bond donors (Lipinski definition) is 2. The lowest BCUT2D eigenvalue weighted by Crippen LogP contribution is -2.16. The highest BCUT2D eigenvalue weighted by Crippen LogP contribution is 2.36. The highest BCUT2D eigenvalue weighted by atomic mass is 32.2. The second-order valence-electron chi connectivity index (χ2n) is 5.67. The summed E-state index contributed by atoms with van der Waals surface area (Å²) in [7, 11) is 0. The summed E-state index contributed by atoms with van der Waals surface area (Å²) < 4.78 is 5.21. The van der Waals surface area contributed by atoms with Gasteiger partial charge in [0.15, 0.2) is 5.16 Å². The summed E-state index contributed by atoms with van der Waals surface area (Å²) in [6.07, 6.45) is 3.33. The predicted octanol–water partition coefficient (Wildman–Crippen LogP) is 4.35. The number of nitrogens with one attached hydrogen (secondary N) is 2. The van der Waals surface area contributed by atoms with E-state index in [0.29, 0.717) is 15.7 Å². The molecular formula is C19H19N3O3S2. The first kappa shape index (κ1) is 19.2. The van der Waals surface area contributed by atoms with Gasteiger partial charge in [-0.25, -0.2) is 9.78 Å². The molecule has 2 N–H and O–H groups in total. The number of imidazole rings is 1. The van der Waals surface area contributed by atoms with Gasteiger partial charge in [-0.2, -0.15) is 0 Å². The van der Waals surface area contributed by atoms with E-state index in [-0.39, 0.29) is 18.3 Å². The summed E-state index contributed by atoms with van der Waals surface area (Å²) >= 11 is 2.61. The molecule has 0 fully saturated rings. The molecule has 27 heavy (non-hydrogen) atoms. The molecule has 3 aromatic rings. The number of carbonyl (C=O) groups excluding carboxylic acids is 2. The third kappa shape index (κ3) is 4.78. The van der Waals surface area contributed by atoms with Crippen LogP contribution in [0.2, 0.25) is 0 Å². The minimum Gasteiger partial charge on any atom is -0.462 e. The zero-order valence-corrected chi connectivity index (χ0v) is 16.6. The number of thioether (sulfide) groups is 1. The molecule has 0 unspecified atom stereocenters. The van der Waals surface area contributed by atoms with Crippen LogP contribution in [0.15, 0.2) is 47.2 Å². The topological polar surface area (TPSA) is 84.1 Å². The van der Waals surface area contributed by atoms with Crippen molar-refractivity contribution in [2.75, 3.05) is 17.7 Å². The van der Waals surface area contributed by atoms with Crippen molar-refractivity contribution in [1.82, 2.24) is 9.97 Å². The number of ether oxygens (including phenoxy) is 1. The Bertz CT molecular complexity index is 918. The van der Waals surface area contributed by atoms with Crippen LogP contribution in [0.5, 0.6) is 0 Å². The van der Waals surface area contributed by atoms with E-state index in [4.69, 9.17) is 4.74 Å². The second kappa shape index (κ2) is 8.88. The Kier molecular flexibility index (Phi) is 6.31. The lowest BCUT2D eigenvalue weighted by molar-refractivity contribution is -0.113. The largest absolute Gasteiger partial charge is 0.462 e. The van der Waals surface area contributed by atoms with Crippen molar-refractivity contribution < 1.29 is 14.3 Å². The first-order valence-electron chi connectivity index (χ1n) is 8.36. The molecule has 2 heterocycles. The number of thiophene rings is 1. The second-order valence-corrected chi connectivity index (χ2v) is 7.51. The maximum atomic E-state index is 12.5. The Morgan fingerprint density at radius 1 is 1.30 bits per heavy atom. The van der Waals surface area contributed by atoms with Gasteiger partial charge in [-0.15, -0.1) is 11.3 Å². The molecule has 0 radical (unpaired) electrons. The Labute approximate surface area is 165 Å². The quantitative estimate of drug-likeness (QED) is 0.454. The molecule has 0 aliphatic carbocycles. The van der Waals surface area contributed by atoms with Crippen LogP contribution in [0.1, 0.15) is 22.8 Å². The van der Waals surface area contributed by atoms with Crippen molar-refractivity contribution in [1.29, 1.82) is 0 Å². The van der Waals surface area contributed by atoms with Gasteiger partial charge in [0.1, 0.15) is 10.6 Å². The van der Waals surface area contributed by atoms with Crippen LogP contribution in [0, 0.1) is 6.92 Å². The molecule has 3 rings (SSSR count). The van der Waals surface area contributed by atoms with E-state index < -0.39 is 5.97 Å². The number of benzene rings is 1. The van der Waals surface area contributed by atoms with Crippen molar-refractivity contribution in [3.05, 3.63) is 53.2 Å². The summed E-state index contributed by atoms with van der Waals surface area (Å²) in [4.78, 5) is 31.8. The summed E-state index contributed by atoms with van der Waals surface area (Å²) in [5.74, 6) is -0.462. The van der Waals surface area contributed by atoms with Crippen LogP contribution in [0.25, 0.3) is 11.1 Å². The number of nitrogens with zero attached hydrogens (tertiary/aromatic N) is 1. The van der Waals surface area contributed by atoms with Crippen LogP contribution in [-0.4, -0.2) is 34.2 Å². The first-order chi connectivity index (χ1) is 13.1. The average molecular weight is 402 g/mol. The molecule has 8 heteroatoms. The van der Waals surface area contributed by atoms with E-state index >= 15 is 0 Å². The number of aryl methyl sites for hydroxylation is 1. The van der Waals surface area contributed by atoms with E-state index in [0.717, 1.165) is 16.7 Å². The van der Waals surface area contributed by atoms with Gasteiger partial charge in [-0.1, -0.05) is 41.6 Å². The molecule has 2 aromatic heterocycles. The van der Waals surface area contributed by atoms with Crippen LogP contribution in [0.4, 0.5) is 5.00 Å². The summed E-state index contributed by atoms with van der Waals surface area (Å²) in [5.41, 5.74) is 3.19. The molecule has 0 aliphatic rings. The fourth-order valence-electron chi connectivity index (χ4n) is 2.43. The van der Waals surface area contributed by atoms with Gasteiger partial charge in [-0.05, 0) is 19.4 Å². The number of esters is 1. The van der Waals surface area contributed by atoms with Gasteiger partial charge in [0, 0.05) is 23.3 Å². The van der Waals surface area contributed by atoms with Gasteiger partial charge in [-0.3, -0.25) is 4.79 Å². The predicted molar refractivity (Wildman–Crippen MR) is 108 cm³/mol. The van der Waals surface area contributed by atoms with E-state index in [1.54, 1.807) is 19.3 Å². The molecule has 1 aromatic carbocycles. The average Bonchev–Trinajstić information content (AvgIpc) is 3.31. The highest BCUT2D eigenvalue weighted by molar-refractivity contribution is 7.99. The van der Waals surface area contributed by atoms with E-state index in [1.165, 1.54) is 23.1 Å². The normalized spacial score (nSPS) is 10.6. The summed E-state index contributed by atoms with van der Waals surface area (Å²) in [6.45, 7) is 4.03. The number of amides is 1. The number of anilines is 1. The van der Waals surface area contributed by atoms with Crippen LogP contribution >= 0.6 is 23.1 Å². The SMILES string of the molecule is CCOC(=O)c1c(-c2ccc(C)cc2)csc1NC(=O)CSc1ncc[nH]1.